The van der Waals surface area contributed by atoms with E-state index in [1.165, 1.54) is 37.9 Å². The van der Waals surface area contributed by atoms with Crippen LogP contribution in [0.25, 0.3) is 10.8 Å². The van der Waals surface area contributed by atoms with Crippen LogP contribution in [0.15, 0.2) is 42.5 Å². The molecule has 0 aromatic heterocycles. The highest BCUT2D eigenvalue weighted by molar-refractivity contribution is 5.98. The molecule has 1 aliphatic heterocycles. The van der Waals surface area contributed by atoms with Crippen molar-refractivity contribution < 1.29 is 9.69 Å². The second kappa shape index (κ2) is 7.60. The van der Waals surface area contributed by atoms with Crippen molar-refractivity contribution in [2.24, 2.45) is 5.92 Å². The maximum Gasteiger partial charge on any atom is 0.251 e. The van der Waals surface area contributed by atoms with Gasteiger partial charge in [0, 0.05) is 18.5 Å². The van der Waals surface area contributed by atoms with Crippen molar-refractivity contribution in [3.63, 3.8) is 0 Å². The Labute approximate surface area is 138 Å². The maximum absolute atomic E-state index is 12.3. The number of hydrogen-bond acceptors (Lipinski definition) is 1. The fourth-order valence-electron chi connectivity index (χ4n) is 3.39. The van der Waals surface area contributed by atoms with Crippen LogP contribution in [0.3, 0.4) is 0 Å². The Morgan fingerprint density at radius 2 is 1.87 bits per heavy atom. The van der Waals surface area contributed by atoms with Gasteiger partial charge in [-0.1, -0.05) is 37.3 Å². The molecule has 2 aromatic rings. The normalized spacial score (nSPS) is 21.3. The van der Waals surface area contributed by atoms with Gasteiger partial charge in [-0.25, -0.2) is 0 Å². The standard InChI is InChI=1S/C20H26N2O/c1-16-9-13-22(14-10-16)12-4-11-21-20(23)19-8-7-17-5-2-3-6-18(17)15-19/h2-3,5-8,15-16H,4,9-14H2,1H3,(H,21,23)/p+1. The lowest BCUT2D eigenvalue weighted by molar-refractivity contribution is -0.906. The highest BCUT2D eigenvalue weighted by atomic mass is 16.1. The minimum Gasteiger partial charge on any atom is -0.352 e. The van der Waals surface area contributed by atoms with Gasteiger partial charge in [0.05, 0.1) is 19.6 Å². The number of hydrogen-bond donors (Lipinski definition) is 2. The molecule has 0 radical (unpaired) electrons. The van der Waals surface area contributed by atoms with Gasteiger partial charge in [0.1, 0.15) is 0 Å². The van der Waals surface area contributed by atoms with Gasteiger partial charge in [0.25, 0.3) is 5.91 Å². The van der Waals surface area contributed by atoms with Crippen molar-refractivity contribution in [3.05, 3.63) is 48.0 Å². The third-order valence-electron chi connectivity index (χ3n) is 4.99. The molecule has 0 spiro atoms. The Morgan fingerprint density at radius 1 is 1.13 bits per heavy atom. The van der Waals surface area contributed by atoms with Crippen LogP contribution in [0.5, 0.6) is 0 Å². The lowest BCUT2D eigenvalue weighted by atomic mass is 9.99. The first-order chi connectivity index (χ1) is 11.2. The molecular weight excluding hydrogens is 284 g/mol. The zero-order valence-electron chi connectivity index (χ0n) is 14.0. The van der Waals surface area contributed by atoms with Gasteiger partial charge in [-0.2, -0.15) is 0 Å². The second-order valence-corrected chi connectivity index (χ2v) is 6.85. The van der Waals surface area contributed by atoms with Gasteiger partial charge in [-0.3, -0.25) is 4.79 Å². The number of likely N-dealkylation sites (tertiary alicyclic amines) is 1. The SMILES string of the molecule is CC1CC[NH+](CCCNC(=O)c2ccc3ccccc3c2)CC1. The lowest BCUT2D eigenvalue weighted by Gasteiger charge is -2.27. The van der Waals surface area contributed by atoms with E-state index >= 15 is 0 Å². The summed E-state index contributed by atoms with van der Waals surface area (Å²) < 4.78 is 0. The van der Waals surface area contributed by atoms with Gasteiger partial charge in [0.15, 0.2) is 0 Å². The van der Waals surface area contributed by atoms with Gasteiger partial charge in [-0.15, -0.1) is 0 Å². The van der Waals surface area contributed by atoms with E-state index in [9.17, 15) is 4.79 Å². The molecule has 1 aliphatic rings. The average molecular weight is 311 g/mol. The van der Waals surface area contributed by atoms with Crippen LogP contribution in [0.1, 0.15) is 36.5 Å². The predicted octanol–water partition coefficient (Wildman–Crippen LogP) is 2.27. The Balaban J connectivity index is 1.45. The van der Waals surface area contributed by atoms with E-state index in [-0.39, 0.29) is 5.91 Å². The Kier molecular flexibility index (Phi) is 5.29. The zero-order valence-corrected chi connectivity index (χ0v) is 14.0. The average Bonchev–Trinajstić information content (AvgIpc) is 2.59. The number of rotatable bonds is 5. The maximum atomic E-state index is 12.3. The van der Waals surface area contributed by atoms with Crippen molar-refractivity contribution in [1.82, 2.24) is 5.32 Å². The van der Waals surface area contributed by atoms with Gasteiger partial charge >= 0.3 is 0 Å². The van der Waals surface area contributed by atoms with E-state index in [1.54, 1.807) is 4.90 Å². The first kappa shape index (κ1) is 16.0. The molecular formula is C20H27N2O+. The van der Waals surface area contributed by atoms with E-state index in [0.717, 1.165) is 29.8 Å². The van der Waals surface area contributed by atoms with Crippen molar-refractivity contribution in [3.8, 4) is 0 Å². The summed E-state index contributed by atoms with van der Waals surface area (Å²) in [5.74, 6) is 0.935. The van der Waals surface area contributed by atoms with E-state index < -0.39 is 0 Å². The first-order valence-electron chi connectivity index (χ1n) is 8.83. The monoisotopic (exact) mass is 311 g/mol. The molecule has 3 nitrogen and oxygen atoms in total. The number of carbonyl (C=O) groups excluding carboxylic acids is 1. The highest BCUT2D eigenvalue weighted by Crippen LogP contribution is 2.15. The third kappa shape index (κ3) is 4.32. The summed E-state index contributed by atoms with van der Waals surface area (Å²) in [6.45, 7) is 6.87. The zero-order chi connectivity index (χ0) is 16.1. The van der Waals surface area contributed by atoms with Crippen LogP contribution in [0, 0.1) is 5.92 Å². The van der Waals surface area contributed by atoms with Gasteiger partial charge in [-0.05, 0) is 41.7 Å². The molecule has 122 valence electrons. The summed E-state index contributed by atoms with van der Waals surface area (Å²) in [4.78, 5) is 14.0. The number of quaternary nitrogens is 1. The minimum absolute atomic E-state index is 0.0398. The predicted molar refractivity (Wildman–Crippen MR) is 94.9 cm³/mol. The summed E-state index contributed by atoms with van der Waals surface area (Å²) in [6, 6.07) is 14.0. The molecule has 0 atom stereocenters. The molecule has 1 amide bonds. The van der Waals surface area contributed by atoms with Crippen LogP contribution in [0.4, 0.5) is 0 Å². The van der Waals surface area contributed by atoms with Crippen molar-refractivity contribution in [1.29, 1.82) is 0 Å². The Hall–Kier alpha value is -1.87. The molecule has 23 heavy (non-hydrogen) atoms. The van der Waals surface area contributed by atoms with Crippen LogP contribution in [-0.4, -0.2) is 32.1 Å². The smallest absolute Gasteiger partial charge is 0.251 e. The molecule has 3 heteroatoms. The summed E-state index contributed by atoms with van der Waals surface area (Å²) in [5, 5.41) is 5.35. The highest BCUT2D eigenvalue weighted by Gasteiger charge is 2.18. The molecule has 3 rings (SSSR count). The number of amides is 1. The molecule has 0 saturated carbocycles. The summed E-state index contributed by atoms with van der Waals surface area (Å²) >= 11 is 0. The van der Waals surface area contributed by atoms with E-state index in [1.807, 2.05) is 36.4 Å². The van der Waals surface area contributed by atoms with Crippen molar-refractivity contribution in [2.45, 2.75) is 26.2 Å². The Bertz CT molecular complexity index is 659. The molecule has 0 unspecified atom stereocenters. The minimum atomic E-state index is 0.0398. The number of fused-ring (bicyclic) bond motifs is 1. The van der Waals surface area contributed by atoms with Crippen molar-refractivity contribution >= 4 is 16.7 Å². The summed E-state index contributed by atoms with van der Waals surface area (Å²) in [6.07, 6.45) is 3.75. The van der Waals surface area contributed by atoms with E-state index in [0.29, 0.717) is 0 Å². The quantitative estimate of drug-likeness (QED) is 0.816. The van der Waals surface area contributed by atoms with Crippen LogP contribution >= 0.6 is 0 Å². The molecule has 1 fully saturated rings. The molecule has 0 bridgehead atoms. The fourth-order valence-corrected chi connectivity index (χ4v) is 3.39. The molecule has 2 aromatic carbocycles. The molecule has 2 N–H and O–H groups in total. The fraction of sp³-hybridized carbons (Fsp3) is 0.450. The summed E-state index contributed by atoms with van der Waals surface area (Å²) in [7, 11) is 0. The van der Waals surface area contributed by atoms with Crippen molar-refractivity contribution in [2.75, 3.05) is 26.2 Å². The number of nitrogens with one attached hydrogen (secondary N) is 2. The molecule has 1 heterocycles. The summed E-state index contributed by atoms with van der Waals surface area (Å²) in [5.41, 5.74) is 0.753. The van der Waals surface area contributed by atoms with E-state index in [2.05, 4.69) is 18.3 Å². The number of piperidine rings is 1. The van der Waals surface area contributed by atoms with Crippen LogP contribution < -0.4 is 10.2 Å². The number of carbonyl (C=O) groups is 1. The third-order valence-corrected chi connectivity index (χ3v) is 4.99. The Morgan fingerprint density at radius 3 is 2.65 bits per heavy atom. The molecule has 1 saturated heterocycles. The first-order valence-corrected chi connectivity index (χ1v) is 8.83. The topological polar surface area (TPSA) is 33.5 Å². The number of benzene rings is 2. The van der Waals surface area contributed by atoms with Crippen LogP contribution in [0.2, 0.25) is 0 Å². The van der Waals surface area contributed by atoms with Gasteiger partial charge < -0.3 is 10.2 Å². The second-order valence-electron chi connectivity index (χ2n) is 6.85. The van der Waals surface area contributed by atoms with Gasteiger partial charge in [0.2, 0.25) is 0 Å². The van der Waals surface area contributed by atoms with Crippen LogP contribution in [-0.2, 0) is 0 Å². The van der Waals surface area contributed by atoms with E-state index in [4.69, 9.17) is 0 Å². The molecule has 0 aliphatic carbocycles. The largest absolute Gasteiger partial charge is 0.352 e. The lowest BCUT2D eigenvalue weighted by Crippen LogP contribution is -3.13.